The zero-order valence-corrected chi connectivity index (χ0v) is 18.8. The first-order valence-electron chi connectivity index (χ1n) is 11.4. The standard InChI is InChI=1S/C29H22FNO3/c1-16-7-8-18-11-14-24-29(27(33)21-5-3-4-6-22(21)28(29)34)25(19-9-12-20(30)13-10-19)26(17(2)32)31(24)23(18)15-16/h3-15,24-26H,1-2H3/t24-,25+,26+/m1/s1. The summed E-state index contributed by atoms with van der Waals surface area (Å²) in [5, 5.41) is 0. The van der Waals surface area contributed by atoms with Gasteiger partial charge < -0.3 is 4.90 Å². The van der Waals surface area contributed by atoms with E-state index in [2.05, 4.69) is 0 Å². The highest BCUT2D eigenvalue weighted by atomic mass is 19.1. The third-order valence-electron chi connectivity index (χ3n) is 7.61. The molecule has 34 heavy (non-hydrogen) atoms. The van der Waals surface area contributed by atoms with Crippen LogP contribution in [0.5, 0.6) is 0 Å². The zero-order chi connectivity index (χ0) is 23.8. The van der Waals surface area contributed by atoms with Crippen LogP contribution in [0, 0.1) is 18.2 Å². The van der Waals surface area contributed by atoms with Crippen LogP contribution in [0.1, 0.15) is 50.2 Å². The molecule has 1 aliphatic carbocycles. The Balaban J connectivity index is 1.69. The summed E-state index contributed by atoms with van der Waals surface area (Å²) in [5.41, 5.74) is 2.62. The summed E-state index contributed by atoms with van der Waals surface area (Å²) >= 11 is 0. The number of fused-ring (bicyclic) bond motifs is 5. The molecule has 4 nitrogen and oxygen atoms in total. The Morgan fingerprint density at radius 1 is 0.941 bits per heavy atom. The number of Topliss-reactive ketones (excluding diaryl/α,β-unsaturated/α-hetero) is 3. The lowest BCUT2D eigenvalue weighted by Crippen LogP contribution is -2.48. The van der Waals surface area contributed by atoms with Gasteiger partial charge >= 0.3 is 0 Å². The van der Waals surface area contributed by atoms with Gasteiger partial charge in [0.15, 0.2) is 17.3 Å². The van der Waals surface area contributed by atoms with Crippen molar-refractivity contribution in [2.75, 3.05) is 4.90 Å². The average molecular weight is 451 g/mol. The summed E-state index contributed by atoms with van der Waals surface area (Å²) in [4.78, 5) is 43.7. The molecule has 168 valence electrons. The molecule has 1 saturated heterocycles. The van der Waals surface area contributed by atoms with Gasteiger partial charge in [0.1, 0.15) is 11.2 Å². The molecular weight excluding hydrogens is 429 g/mol. The fraction of sp³-hybridized carbons (Fsp3) is 0.207. The van der Waals surface area contributed by atoms with Crippen LogP contribution in [0.15, 0.2) is 72.8 Å². The largest absolute Gasteiger partial charge is 0.352 e. The summed E-state index contributed by atoms with van der Waals surface area (Å²) in [6.07, 6.45) is 3.82. The normalized spacial score (nSPS) is 23.7. The van der Waals surface area contributed by atoms with Crippen molar-refractivity contribution in [3.05, 3.63) is 106 Å². The molecule has 0 unspecified atom stereocenters. The number of hydrogen-bond donors (Lipinski definition) is 0. The van der Waals surface area contributed by atoms with Gasteiger partial charge in [0.25, 0.3) is 0 Å². The second-order valence-electron chi connectivity index (χ2n) is 9.43. The minimum atomic E-state index is -1.52. The first-order valence-corrected chi connectivity index (χ1v) is 11.4. The maximum Gasteiger partial charge on any atom is 0.180 e. The van der Waals surface area contributed by atoms with Crippen LogP contribution >= 0.6 is 0 Å². The van der Waals surface area contributed by atoms with Gasteiger partial charge in [0, 0.05) is 22.7 Å². The third kappa shape index (κ3) is 2.50. The summed E-state index contributed by atoms with van der Waals surface area (Å²) in [7, 11) is 0. The second-order valence-corrected chi connectivity index (χ2v) is 9.43. The molecule has 0 saturated carbocycles. The van der Waals surface area contributed by atoms with E-state index in [4.69, 9.17) is 0 Å². The zero-order valence-electron chi connectivity index (χ0n) is 18.8. The summed E-state index contributed by atoms with van der Waals surface area (Å²) in [5.74, 6) is -1.88. The number of aryl methyl sites for hydroxylation is 1. The lowest BCUT2D eigenvalue weighted by molar-refractivity contribution is -0.118. The summed E-state index contributed by atoms with van der Waals surface area (Å²) in [6, 6.07) is 17.3. The second kappa shape index (κ2) is 7.07. The Labute approximate surface area is 196 Å². The Bertz CT molecular complexity index is 1390. The van der Waals surface area contributed by atoms with Crippen molar-refractivity contribution < 1.29 is 18.8 Å². The number of carbonyl (C=O) groups excluding carboxylic acids is 3. The van der Waals surface area contributed by atoms with Crippen molar-refractivity contribution in [3.63, 3.8) is 0 Å². The van der Waals surface area contributed by atoms with Crippen molar-refractivity contribution in [2.45, 2.75) is 31.8 Å². The van der Waals surface area contributed by atoms with Crippen LogP contribution in [0.3, 0.4) is 0 Å². The topological polar surface area (TPSA) is 54.5 Å². The molecule has 3 aromatic rings. The predicted octanol–water partition coefficient (Wildman–Crippen LogP) is 5.16. The number of hydrogen-bond acceptors (Lipinski definition) is 4. The average Bonchev–Trinajstić information content (AvgIpc) is 3.27. The monoisotopic (exact) mass is 451 g/mol. The van der Waals surface area contributed by atoms with Crippen LogP contribution < -0.4 is 4.90 Å². The molecule has 0 N–H and O–H groups in total. The van der Waals surface area contributed by atoms with Crippen LogP contribution in [0.2, 0.25) is 0 Å². The number of nitrogens with zero attached hydrogens (tertiary/aromatic N) is 1. The lowest BCUT2D eigenvalue weighted by Gasteiger charge is -2.37. The number of benzene rings is 3. The number of rotatable bonds is 2. The van der Waals surface area contributed by atoms with E-state index in [-0.39, 0.29) is 17.3 Å². The van der Waals surface area contributed by atoms with Crippen LogP contribution in [-0.2, 0) is 4.79 Å². The maximum atomic E-state index is 14.2. The van der Waals surface area contributed by atoms with Gasteiger partial charge in [0.05, 0.1) is 12.1 Å². The van der Waals surface area contributed by atoms with Crippen LogP contribution in [0.4, 0.5) is 10.1 Å². The molecule has 1 fully saturated rings. The Morgan fingerprint density at radius 3 is 2.21 bits per heavy atom. The predicted molar refractivity (Wildman–Crippen MR) is 128 cm³/mol. The molecule has 3 aromatic carbocycles. The molecule has 3 aliphatic rings. The molecule has 0 radical (unpaired) electrons. The molecule has 0 bridgehead atoms. The summed E-state index contributed by atoms with van der Waals surface area (Å²) < 4.78 is 13.9. The van der Waals surface area contributed by atoms with E-state index < -0.39 is 29.2 Å². The van der Waals surface area contributed by atoms with Crippen molar-refractivity contribution in [2.24, 2.45) is 5.41 Å². The summed E-state index contributed by atoms with van der Waals surface area (Å²) in [6.45, 7) is 3.48. The minimum Gasteiger partial charge on any atom is -0.352 e. The van der Waals surface area contributed by atoms with Crippen LogP contribution in [0.25, 0.3) is 6.08 Å². The van der Waals surface area contributed by atoms with Gasteiger partial charge in [-0.25, -0.2) is 4.39 Å². The highest BCUT2D eigenvalue weighted by Gasteiger charge is 2.71. The highest BCUT2D eigenvalue weighted by molar-refractivity contribution is 6.32. The molecule has 5 heteroatoms. The van der Waals surface area contributed by atoms with Gasteiger partial charge in [-0.1, -0.05) is 60.7 Å². The molecule has 1 spiro atoms. The van der Waals surface area contributed by atoms with E-state index in [1.54, 1.807) is 36.4 Å². The van der Waals surface area contributed by atoms with Crippen molar-refractivity contribution in [1.29, 1.82) is 0 Å². The fourth-order valence-corrected chi connectivity index (χ4v) is 6.27. The number of carbonyl (C=O) groups is 3. The quantitative estimate of drug-likeness (QED) is 0.506. The van der Waals surface area contributed by atoms with E-state index in [1.165, 1.54) is 19.1 Å². The first kappa shape index (κ1) is 20.7. The molecular formula is C29H22FNO3. The number of halogens is 1. The highest BCUT2D eigenvalue weighted by Crippen LogP contribution is 2.60. The molecule has 2 aliphatic heterocycles. The molecule has 2 heterocycles. The lowest BCUT2D eigenvalue weighted by atomic mass is 9.64. The van der Waals surface area contributed by atoms with E-state index in [0.29, 0.717) is 16.7 Å². The molecule has 3 atom stereocenters. The third-order valence-corrected chi connectivity index (χ3v) is 7.61. The van der Waals surface area contributed by atoms with E-state index in [0.717, 1.165) is 16.8 Å². The molecule has 0 aromatic heterocycles. The first-order chi connectivity index (χ1) is 16.4. The van der Waals surface area contributed by atoms with Crippen molar-refractivity contribution in [3.8, 4) is 0 Å². The van der Waals surface area contributed by atoms with E-state index in [1.807, 2.05) is 42.2 Å². The van der Waals surface area contributed by atoms with Gasteiger partial charge in [-0.15, -0.1) is 0 Å². The maximum absolute atomic E-state index is 14.2. The number of anilines is 1. The van der Waals surface area contributed by atoms with Gasteiger partial charge in [-0.2, -0.15) is 0 Å². The van der Waals surface area contributed by atoms with E-state index in [9.17, 15) is 18.8 Å². The van der Waals surface area contributed by atoms with Gasteiger partial charge in [-0.05, 0) is 48.7 Å². The molecule has 0 amide bonds. The minimum absolute atomic E-state index is 0.143. The molecule has 6 rings (SSSR count). The fourth-order valence-electron chi connectivity index (χ4n) is 6.27. The van der Waals surface area contributed by atoms with Gasteiger partial charge in [-0.3, -0.25) is 14.4 Å². The van der Waals surface area contributed by atoms with Crippen LogP contribution in [-0.4, -0.2) is 29.4 Å². The van der Waals surface area contributed by atoms with Crippen molar-refractivity contribution in [1.82, 2.24) is 0 Å². The van der Waals surface area contributed by atoms with Crippen molar-refractivity contribution >= 4 is 29.1 Å². The smallest absolute Gasteiger partial charge is 0.180 e. The van der Waals surface area contributed by atoms with E-state index >= 15 is 0 Å². The SMILES string of the molecule is CC(=O)[C@H]1[C@H](c2ccc(F)cc2)C2(C(=O)c3ccccc3C2=O)[C@H]2C=Cc3ccc(C)cc3N12. The van der Waals surface area contributed by atoms with Gasteiger partial charge in [0.2, 0.25) is 0 Å². The number of ketones is 3. The Morgan fingerprint density at radius 2 is 1.59 bits per heavy atom. The Hall–Kier alpha value is -3.86. The Kier molecular flexibility index (Phi) is 4.31.